The van der Waals surface area contributed by atoms with Gasteiger partial charge in [-0.15, -0.1) is 5.10 Å². The van der Waals surface area contributed by atoms with Crippen molar-refractivity contribution in [2.45, 2.75) is 63.2 Å². The number of halogens is 1. The van der Waals surface area contributed by atoms with E-state index in [-0.39, 0.29) is 30.1 Å². The largest absolute Gasteiger partial charge is 0.432 e. The van der Waals surface area contributed by atoms with E-state index in [1.807, 2.05) is 99.0 Å². The fourth-order valence-electron chi connectivity index (χ4n) is 7.22. The fourth-order valence-corrected chi connectivity index (χ4v) is 10.2. The van der Waals surface area contributed by atoms with Crippen molar-refractivity contribution in [1.29, 1.82) is 0 Å². The van der Waals surface area contributed by atoms with Crippen LogP contribution in [-0.4, -0.2) is 58.2 Å². The maximum absolute atomic E-state index is 14.7. The van der Waals surface area contributed by atoms with E-state index in [4.69, 9.17) is 4.74 Å². The van der Waals surface area contributed by atoms with Gasteiger partial charge in [0, 0.05) is 58.6 Å². The molecule has 12 heteroatoms. The Kier molecular flexibility index (Phi) is 9.01. The quantitative estimate of drug-likeness (QED) is 0.161. The summed E-state index contributed by atoms with van der Waals surface area (Å²) < 4.78 is 9.50. The van der Waals surface area contributed by atoms with Crippen molar-refractivity contribution in [3.8, 4) is 0 Å². The van der Waals surface area contributed by atoms with Gasteiger partial charge in [-0.1, -0.05) is 58.4 Å². The van der Waals surface area contributed by atoms with Crippen LogP contribution in [-0.2, 0) is 39.4 Å². The molecule has 0 bridgehead atoms. The van der Waals surface area contributed by atoms with Crippen molar-refractivity contribution in [2.24, 2.45) is 5.92 Å². The lowest BCUT2D eigenvalue weighted by Crippen LogP contribution is -2.46. The number of fused-ring (bicyclic) bond motifs is 2. The number of anilines is 3. The van der Waals surface area contributed by atoms with Crippen LogP contribution >= 0.6 is 15.9 Å². The zero-order chi connectivity index (χ0) is 32.6. The normalized spacial score (nSPS) is 22.4. The average molecular weight is 705 g/mol. The van der Waals surface area contributed by atoms with Gasteiger partial charge in [0.05, 0.1) is 24.0 Å². The summed E-state index contributed by atoms with van der Waals surface area (Å²) in [6.07, 6.45) is 3.20. The van der Waals surface area contributed by atoms with Gasteiger partial charge in [-0.3, -0.25) is 19.2 Å². The lowest BCUT2D eigenvalue weighted by Gasteiger charge is -2.32. The Morgan fingerprint density at radius 2 is 1.80 bits per heavy atom. The molecule has 3 heterocycles. The van der Waals surface area contributed by atoms with Crippen LogP contribution in [0.4, 0.5) is 17.1 Å². The smallest absolute Gasteiger partial charge is 0.264 e. The number of carbonyl (C=O) groups excluding carboxylic acids is 2. The molecule has 240 valence electrons. The predicted octanol–water partition coefficient (Wildman–Crippen LogP) is 5.30. The molecular formula is C34H38BrN5O5Si. The highest BCUT2D eigenvalue weighted by Crippen LogP contribution is 2.60. The minimum Gasteiger partial charge on any atom is -0.432 e. The van der Waals surface area contributed by atoms with Crippen molar-refractivity contribution < 1.29 is 24.2 Å². The van der Waals surface area contributed by atoms with E-state index < -0.39 is 13.9 Å². The van der Waals surface area contributed by atoms with Crippen LogP contribution in [0.3, 0.4) is 0 Å². The van der Waals surface area contributed by atoms with Crippen LogP contribution < -0.4 is 9.80 Å². The van der Waals surface area contributed by atoms with Crippen LogP contribution in [0.1, 0.15) is 30.2 Å². The number of aromatic nitrogens is 3. The zero-order valence-electron chi connectivity index (χ0n) is 26.1. The molecule has 0 radical (unpaired) electrons. The minimum atomic E-state index is -2.82. The third kappa shape index (κ3) is 5.84. The number of ether oxygens (including phenoxy) is 1. The molecule has 0 saturated carbocycles. The van der Waals surface area contributed by atoms with Gasteiger partial charge in [0.2, 0.25) is 6.41 Å². The van der Waals surface area contributed by atoms with E-state index in [1.165, 1.54) is 0 Å². The number of rotatable bonds is 11. The molecule has 2 amide bonds. The molecule has 0 aliphatic carbocycles. The van der Waals surface area contributed by atoms with Crippen LogP contribution in [0.15, 0.2) is 83.5 Å². The van der Waals surface area contributed by atoms with Crippen molar-refractivity contribution in [3.05, 3.63) is 100 Å². The summed E-state index contributed by atoms with van der Waals surface area (Å²) in [6, 6.07) is 22.9. The number of aliphatic hydroxyl groups is 1. The molecule has 2 N–H and O–H groups in total. The van der Waals surface area contributed by atoms with Gasteiger partial charge < -0.3 is 19.5 Å². The molecule has 2 aliphatic rings. The number of hydrogen-bond donors (Lipinski definition) is 2. The SMILES string of the molecule is C[C@@H]1[C@@H]([Si](C)(C)O)[C@H](CCn2cc(CCO)nn2)O[C@@]12C(=O)N(Cc1ccc(N(C=O)c3ccccc3)cc1)c1ccc(Br)cc12. The standard InChI is InChI=1S/C34H38BrN5O5Si/c1-23-32(46(2,3)44)31(15-17-38-21-26(16-18-41)36-37-38)45-34(23)29-19-25(35)11-14-30(29)39(33(34)43)20-24-9-12-28(13-10-24)40(22-42)27-7-5-4-6-8-27/h4-14,19,21-23,31-32,41,44H,15-18,20H2,1-3H3/t23-,31+,32-,34+/m1/s1. The fraction of sp³-hybridized carbons (Fsp3) is 0.353. The Morgan fingerprint density at radius 1 is 1.09 bits per heavy atom. The Bertz CT molecular complexity index is 1710. The Balaban J connectivity index is 1.30. The number of nitrogens with zero attached hydrogens (tertiary/aromatic N) is 5. The maximum atomic E-state index is 14.7. The van der Waals surface area contributed by atoms with Crippen molar-refractivity contribution >= 4 is 53.6 Å². The zero-order valence-corrected chi connectivity index (χ0v) is 28.7. The third-order valence-corrected chi connectivity index (χ3v) is 12.2. The average Bonchev–Trinajstić information content (AvgIpc) is 3.68. The van der Waals surface area contributed by atoms with Crippen molar-refractivity contribution in [2.75, 3.05) is 16.4 Å². The molecule has 1 aromatic heterocycles. The maximum Gasteiger partial charge on any atom is 0.264 e. The number of carbonyl (C=O) groups is 2. The molecule has 0 unspecified atom stereocenters. The Labute approximate surface area is 277 Å². The number of benzene rings is 3. The molecule has 1 spiro atoms. The predicted molar refractivity (Wildman–Crippen MR) is 181 cm³/mol. The molecule has 2 aliphatic heterocycles. The first-order valence-electron chi connectivity index (χ1n) is 15.5. The summed E-state index contributed by atoms with van der Waals surface area (Å²) in [5, 5.41) is 17.6. The number of para-hydroxylation sites is 1. The molecule has 46 heavy (non-hydrogen) atoms. The topological polar surface area (TPSA) is 121 Å². The summed E-state index contributed by atoms with van der Waals surface area (Å²) in [5.74, 6) is -0.433. The van der Waals surface area contributed by atoms with E-state index in [0.717, 1.165) is 39.1 Å². The van der Waals surface area contributed by atoms with Gasteiger partial charge in [-0.05, 0) is 67.5 Å². The van der Waals surface area contributed by atoms with Gasteiger partial charge in [-0.2, -0.15) is 0 Å². The Hall–Kier alpha value is -3.68. The lowest BCUT2D eigenvalue weighted by molar-refractivity contribution is -0.146. The minimum absolute atomic E-state index is 0.000555. The third-order valence-electron chi connectivity index (χ3n) is 9.24. The van der Waals surface area contributed by atoms with Gasteiger partial charge in [-0.25, -0.2) is 0 Å². The van der Waals surface area contributed by atoms with Gasteiger partial charge in [0.1, 0.15) is 0 Å². The van der Waals surface area contributed by atoms with Crippen LogP contribution in [0.5, 0.6) is 0 Å². The molecule has 10 nitrogen and oxygen atoms in total. The summed E-state index contributed by atoms with van der Waals surface area (Å²) in [4.78, 5) is 41.6. The van der Waals surface area contributed by atoms with Crippen molar-refractivity contribution in [3.63, 3.8) is 0 Å². The summed E-state index contributed by atoms with van der Waals surface area (Å²) in [6.45, 7) is 6.68. The summed E-state index contributed by atoms with van der Waals surface area (Å²) >= 11 is 3.62. The van der Waals surface area contributed by atoms with Crippen LogP contribution in [0.25, 0.3) is 0 Å². The number of hydrogen-bond acceptors (Lipinski definition) is 7. The second kappa shape index (κ2) is 12.8. The number of aliphatic hydroxyl groups excluding tert-OH is 1. The summed E-state index contributed by atoms with van der Waals surface area (Å²) in [7, 11) is -2.82. The number of amides is 2. The van der Waals surface area contributed by atoms with E-state index in [1.54, 1.807) is 14.5 Å². The van der Waals surface area contributed by atoms with E-state index in [2.05, 4.69) is 26.2 Å². The first-order chi connectivity index (χ1) is 22.1. The molecule has 4 atom stereocenters. The highest BCUT2D eigenvalue weighted by atomic mass is 79.9. The van der Waals surface area contributed by atoms with Gasteiger partial charge >= 0.3 is 0 Å². The highest BCUT2D eigenvalue weighted by molar-refractivity contribution is 9.10. The van der Waals surface area contributed by atoms with Gasteiger partial charge in [0.15, 0.2) is 13.9 Å². The molecular weight excluding hydrogens is 666 g/mol. The van der Waals surface area contributed by atoms with Crippen molar-refractivity contribution in [1.82, 2.24) is 15.0 Å². The second-order valence-corrected chi connectivity index (χ2v) is 17.5. The lowest BCUT2D eigenvalue weighted by atomic mass is 9.82. The summed E-state index contributed by atoms with van der Waals surface area (Å²) in [5.41, 5.74) is 3.21. The monoisotopic (exact) mass is 703 g/mol. The van der Waals surface area contributed by atoms with E-state index in [9.17, 15) is 19.5 Å². The van der Waals surface area contributed by atoms with E-state index >= 15 is 0 Å². The van der Waals surface area contributed by atoms with Crippen LogP contribution in [0.2, 0.25) is 18.6 Å². The molecule has 3 aromatic carbocycles. The highest BCUT2D eigenvalue weighted by Gasteiger charge is 2.66. The molecule has 1 fully saturated rings. The molecule has 6 rings (SSSR count). The second-order valence-electron chi connectivity index (χ2n) is 12.6. The van der Waals surface area contributed by atoms with Crippen LogP contribution in [0, 0.1) is 5.92 Å². The molecule has 1 saturated heterocycles. The van der Waals surface area contributed by atoms with E-state index in [0.29, 0.717) is 31.6 Å². The first-order valence-corrected chi connectivity index (χ1v) is 19.3. The molecule has 4 aromatic rings. The first kappa shape index (κ1) is 32.3. The Morgan fingerprint density at radius 3 is 2.48 bits per heavy atom. The van der Waals surface area contributed by atoms with Gasteiger partial charge in [0.25, 0.3) is 5.91 Å². The number of aryl methyl sites for hydroxylation is 1.